The number of hydrogen-bond acceptors (Lipinski definition) is 7. The summed E-state index contributed by atoms with van der Waals surface area (Å²) in [7, 11) is -4.24. The Bertz CT molecular complexity index is 1480. The number of aromatic carboxylic acids is 3. The van der Waals surface area contributed by atoms with Crippen molar-refractivity contribution >= 4 is 34.3 Å². The highest BCUT2D eigenvalue weighted by atomic mass is 32.2. The summed E-state index contributed by atoms with van der Waals surface area (Å²) in [5, 5.41) is 29.3. The number of carboxylic acid groups (broad SMARTS) is 3. The molecule has 10 nitrogen and oxygen atoms in total. The summed E-state index contributed by atoms with van der Waals surface area (Å²) in [5.74, 6) is -6.74. The third-order valence-electron chi connectivity index (χ3n) is 6.00. The largest absolute Gasteiger partial charge is 0.478 e. The Kier molecular flexibility index (Phi) is 8.76. The van der Waals surface area contributed by atoms with Gasteiger partial charge in [-0.15, -0.1) is 0 Å². The van der Waals surface area contributed by atoms with Crippen molar-refractivity contribution in [2.75, 3.05) is 6.26 Å². The molecule has 0 aliphatic rings. The SMILES string of the molecule is CS(=O)(=O)O[C@@H](Cc1ccccc1C(=O)O)[C@H](c1ccccc1C(=O)O)[C@@H](C=O)c1ccccc1C(=O)O. The molecule has 3 atom stereocenters. The van der Waals surface area contributed by atoms with Gasteiger partial charge >= 0.3 is 17.9 Å². The molecule has 3 rings (SSSR count). The van der Waals surface area contributed by atoms with Crippen molar-refractivity contribution in [2.24, 2.45) is 0 Å². The number of carbonyl (C=O) groups excluding carboxylic acids is 1. The predicted octanol–water partition coefficient (Wildman–Crippen LogP) is 3.44. The summed E-state index contributed by atoms with van der Waals surface area (Å²) < 4.78 is 30.2. The van der Waals surface area contributed by atoms with Crippen molar-refractivity contribution < 1.29 is 47.1 Å². The third-order valence-corrected chi connectivity index (χ3v) is 6.60. The fourth-order valence-corrected chi connectivity index (χ4v) is 5.15. The van der Waals surface area contributed by atoms with Crippen molar-refractivity contribution in [2.45, 2.75) is 24.4 Å². The van der Waals surface area contributed by atoms with Gasteiger partial charge in [-0.3, -0.25) is 4.18 Å². The Morgan fingerprint density at radius 2 is 1.21 bits per heavy atom. The van der Waals surface area contributed by atoms with Gasteiger partial charge < -0.3 is 20.1 Å². The normalized spacial score (nSPS) is 13.7. The number of carboxylic acids is 3. The summed E-state index contributed by atoms with van der Waals surface area (Å²) in [6.07, 6.45) is -0.673. The van der Waals surface area contributed by atoms with Crippen LogP contribution in [0.25, 0.3) is 0 Å². The molecule has 0 unspecified atom stereocenters. The zero-order valence-corrected chi connectivity index (χ0v) is 20.9. The molecule has 0 aromatic heterocycles. The molecule has 0 aliphatic heterocycles. The average Bonchev–Trinajstić information content (AvgIpc) is 2.86. The van der Waals surface area contributed by atoms with Crippen LogP contribution in [-0.2, 0) is 25.5 Å². The Hall–Kier alpha value is -4.35. The molecule has 0 amide bonds. The minimum absolute atomic E-state index is 0.00816. The molecular weight excluding hydrogens is 516 g/mol. The fourth-order valence-electron chi connectivity index (χ4n) is 4.51. The molecule has 3 N–H and O–H groups in total. The van der Waals surface area contributed by atoms with Crippen LogP contribution in [-0.4, -0.2) is 60.3 Å². The van der Waals surface area contributed by atoms with E-state index in [2.05, 4.69) is 0 Å². The number of rotatable bonds is 12. The van der Waals surface area contributed by atoms with Crippen molar-refractivity contribution in [3.63, 3.8) is 0 Å². The van der Waals surface area contributed by atoms with Gasteiger partial charge in [0.05, 0.1) is 29.1 Å². The number of benzene rings is 3. The molecule has 0 saturated heterocycles. The molecule has 0 heterocycles. The molecule has 0 spiro atoms. The quantitative estimate of drug-likeness (QED) is 0.228. The molecule has 3 aromatic rings. The second-order valence-electron chi connectivity index (χ2n) is 8.48. The van der Waals surface area contributed by atoms with Crippen molar-refractivity contribution in [3.8, 4) is 0 Å². The van der Waals surface area contributed by atoms with E-state index in [1.54, 1.807) is 0 Å². The van der Waals surface area contributed by atoms with E-state index in [1.807, 2.05) is 0 Å². The number of aldehydes is 1. The molecule has 0 fully saturated rings. The first-order valence-corrected chi connectivity index (χ1v) is 13.1. The molecule has 0 saturated carbocycles. The average molecular weight is 541 g/mol. The van der Waals surface area contributed by atoms with E-state index in [0.717, 1.165) is 6.26 Å². The fraction of sp³-hybridized carbons (Fsp3) is 0.185. The van der Waals surface area contributed by atoms with Gasteiger partial charge in [-0.2, -0.15) is 8.42 Å². The van der Waals surface area contributed by atoms with Gasteiger partial charge in [0.2, 0.25) is 0 Å². The van der Waals surface area contributed by atoms with Gasteiger partial charge in [0.25, 0.3) is 10.1 Å². The lowest BCUT2D eigenvalue weighted by Crippen LogP contribution is -2.34. The first-order valence-electron chi connectivity index (χ1n) is 11.2. The summed E-state index contributed by atoms with van der Waals surface area (Å²) >= 11 is 0. The van der Waals surface area contributed by atoms with Crippen LogP contribution in [0.5, 0.6) is 0 Å². The lowest BCUT2D eigenvalue weighted by atomic mass is 9.74. The van der Waals surface area contributed by atoms with Gasteiger partial charge in [0, 0.05) is 18.3 Å². The van der Waals surface area contributed by atoms with Crippen LogP contribution in [0.4, 0.5) is 0 Å². The van der Waals surface area contributed by atoms with Crippen molar-refractivity contribution in [1.82, 2.24) is 0 Å². The Balaban J connectivity index is 2.35. The van der Waals surface area contributed by atoms with Crippen LogP contribution in [0.1, 0.15) is 59.6 Å². The summed E-state index contributed by atoms with van der Waals surface area (Å²) in [5.41, 5.74) is -0.458. The maximum Gasteiger partial charge on any atom is 0.335 e. The molecule has 38 heavy (non-hydrogen) atoms. The zero-order chi connectivity index (χ0) is 28.0. The Labute approximate surface area is 218 Å². The molecule has 3 aromatic carbocycles. The summed E-state index contributed by atoms with van der Waals surface area (Å²) in [6, 6.07) is 16.9. The second-order valence-corrected chi connectivity index (χ2v) is 10.1. The maximum atomic E-state index is 12.6. The minimum atomic E-state index is -4.24. The van der Waals surface area contributed by atoms with Gasteiger partial charge in [0.1, 0.15) is 6.29 Å². The monoisotopic (exact) mass is 540 g/mol. The molecule has 0 aliphatic carbocycles. The summed E-state index contributed by atoms with van der Waals surface area (Å²) in [4.78, 5) is 48.6. The second kappa shape index (κ2) is 11.8. The molecular formula is C27H24O10S. The topological polar surface area (TPSA) is 172 Å². The van der Waals surface area contributed by atoms with Crippen molar-refractivity contribution in [1.29, 1.82) is 0 Å². The smallest absolute Gasteiger partial charge is 0.335 e. The molecule has 0 radical (unpaired) electrons. The van der Waals surface area contributed by atoms with E-state index in [9.17, 15) is 42.9 Å². The van der Waals surface area contributed by atoms with Crippen LogP contribution in [0.2, 0.25) is 0 Å². The third kappa shape index (κ3) is 6.50. The number of hydrogen-bond donors (Lipinski definition) is 3. The van der Waals surface area contributed by atoms with Gasteiger partial charge in [-0.1, -0.05) is 54.6 Å². The Morgan fingerprint density at radius 3 is 1.71 bits per heavy atom. The Morgan fingerprint density at radius 1 is 0.763 bits per heavy atom. The number of carbonyl (C=O) groups is 4. The van der Waals surface area contributed by atoms with Crippen LogP contribution in [0, 0.1) is 0 Å². The van der Waals surface area contributed by atoms with E-state index in [1.165, 1.54) is 72.8 Å². The van der Waals surface area contributed by atoms with Gasteiger partial charge in [-0.05, 0) is 34.9 Å². The van der Waals surface area contributed by atoms with E-state index in [-0.39, 0.29) is 39.8 Å². The minimum Gasteiger partial charge on any atom is -0.478 e. The van der Waals surface area contributed by atoms with Crippen LogP contribution in [0.3, 0.4) is 0 Å². The van der Waals surface area contributed by atoms with Gasteiger partial charge in [0.15, 0.2) is 0 Å². The van der Waals surface area contributed by atoms with Gasteiger partial charge in [-0.25, -0.2) is 14.4 Å². The predicted molar refractivity (Wildman–Crippen MR) is 135 cm³/mol. The first-order chi connectivity index (χ1) is 17.9. The lowest BCUT2D eigenvalue weighted by molar-refractivity contribution is -0.110. The molecule has 0 bridgehead atoms. The van der Waals surface area contributed by atoms with E-state index in [4.69, 9.17) is 4.18 Å². The first kappa shape index (κ1) is 28.2. The highest BCUT2D eigenvalue weighted by Gasteiger charge is 2.39. The highest BCUT2D eigenvalue weighted by molar-refractivity contribution is 7.86. The summed E-state index contributed by atoms with van der Waals surface area (Å²) in [6.45, 7) is 0. The zero-order valence-electron chi connectivity index (χ0n) is 20.1. The van der Waals surface area contributed by atoms with Crippen molar-refractivity contribution in [3.05, 3.63) is 106 Å². The maximum absolute atomic E-state index is 12.6. The van der Waals surface area contributed by atoms with Crippen LogP contribution in [0.15, 0.2) is 72.8 Å². The lowest BCUT2D eigenvalue weighted by Gasteiger charge is -2.32. The van der Waals surface area contributed by atoms with E-state index in [0.29, 0.717) is 6.29 Å². The standard InChI is InChI=1S/C27H24O10S/c1-38(35,36)37-23(14-16-8-2-3-9-17(16)25(29)30)24(19-11-5-7-13-21(19)27(33)34)22(15-28)18-10-4-6-12-20(18)26(31)32/h2-13,15,22-24H,14H2,1H3,(H,29,30)(H,31,32)(H,33,34)/t22-,23-,24+/m0/s1. The molecule has 198 valence electrons. The van der Waals surface area contributed by atoms with E-state index < -0.39 is 46.0 Å². The van der Waals surface area contributed by atoms with Crippen LogP contribution < -0.4 is 0 Å². The highest BCUT2D eigenvalue weighted by Crippen LogP contribution is 2.40. The van der Waals surface area contributed by atoms with Crippen LogP contribution >= 0.6 is 0 Å². The molecule has 11 heteroatoms. The van der Waals surface area contributed by atoms with E-state index >= 15 is 0 Å².